The number of rotatable bonds is 5. The van der Waals surface area contributed by atoms with Crippen LogP contribution in [-0.2, 0) is 21.5 Å². The molecule has 11 heteroatoms. The molecule has 0 unspecified atom stereocenters. The topological polar surface area (TPSA) is 63.2 Å². The highest BCUT2D eigenvalue weighted by Gasteiger charge is 2.45. The van der Waals surface area contributed by atoms with E-state index in [1.807, 2.05) is 13.8 Å². The maximum absolute atomic E-state index is 13.6. The number of carbonyl (C=O) groups is 2. The van der Waals surface area contributed by atoms with Crippen molar-refractivity contribution in [3.63, 3.8) is 0 Å². The lowest BCUT2D eigenvalue weighted by molar-refractivity contribution is -0.137. The quantitative estimate of drug-likeness (QED) is 0.188. The zero-order chi connectivity index (χ0) is 27.2. The van der Waals surface area contributed by atoms with Crippen molar-refractivity contribution in [2.24, 2.45) is 5.41 Å². The zero-order valence-corrected chi connectivity index (χ0v) is 22.1. The molecule has 5 nitrogen and oxygen atoms in total. The molecule has 0 saturated carbocycles. The molecule has 198 valence electrons. The van der Waals surface area contributed by atoms with E-state index < -0.39 is 23.5 Å². The largest absolute Gasteiger partial charge is 0.416 e. The second kappa shape index (κ2) is 9.92. The Morgan fingerprint density at radius 1 is 1.08 bits per heavy atom. The van der Waals surface area contributed by atoms with Gasteiger partial charge in [0.1, 0.15) is 5.82 Å². The van der Waals surface area contributed by atoms with Crippen LogP contribution in [0.4, 0.5) is 22.7 Å². The van der Waals surface area contributed by atoms with Crippen molar-refractivity contribution in [1.29, 1.82) is 0 Å². The lowest BCUT2D eigenvalue weighted by Crippen LogP contribution is -2.43. The van der Waals surface area contributed by atoms with E-state index >= 15 is 0 Å². The number of thioether (sulfide) groups is 1. The summed E-state index contributed by atoms with van der Waals surface area (Å²) >= 11 is 2.39. The first-order valence-electron chi connectivity index (χ1n) is 11.9. The fraction of sp³-hybridized carbons (Fsp3) is 0.333. The molecule has 0 radical (unpaired) electrons. The van der Waals surface area contributed by atoms with E-state index in [0.29, 0.717) is 44.7 Å². The molecule has 1 atom stereocenters. The van der Waals surface area contributed by atoms with Crippen LogP contribution in [0.3, 0.4) is 0 Å². The number of anilines is 1. The lowest BCUT2D eigenvalue weighted by atomic mass is 9.69. The van der Waals surface area contributed by atoms with Gasteiger partial charge >= 0.3 is 6.18 Å². The maximum Gasteiger partial charge on any atom is 0.416 e. The van der Waals surface area contributed by atoms with Gasteiger partial charge in [-0.25, -0.2) is 4.39 Å². The van der Waals surface area contributed by atoms with Crippen molar-refractivity contribution < 1.29 is 27.2 Å². The van der Waals surface area contributed by atoms with Crippen LogP contribution in [0.2, 0.25) is 0 Å². The summed E-state index contributed by atoms with van der Waals surface area (Å²) in [5.41, 5.74) is 1.24. The van der Waals surface area contributed by atoms with Gasteiger partial charge in [-0.2, -0.15) is 13.2 Å². The standard InChI is InChI=1S/C27H23F4N3O2S2/c1-26(2)12-20-23(21(35)13-26)19(16-6-8-18(28)9-7-16)11-22(36)34(20)24-32-33-25(38-24)37-14-15-4-3-5-17(10-15)27(29,30)31/h3-10,19H,11-14H2,1-2H3/t19-/m0/s1. The van der Waals surface area contributed by atoms with Gasteiger partial charge in [-0.3, -0.25) is 14.5 Å². The minimum atomic E-state index is -4.42. The Morgan fingerprint density at radius 2 is 1.82 bits per heavy atom. The molecule has 1 amide bonds. The average Bonchev–Trinajstić information content (AvgIpc) is 3.30. The summed E-state index contributed by atoms with van der Waals surface area (Å²) in [6.45, 7) is 3.94. The van der Waals surface area contributed by atoms with Gasteiger partial charge < -0.3 is 0 Å². The number of benzene rings is 2. The smallest absolute Gasteiger partial charge is 0.294 e. The first-order valence-corrected chi connectivity index (χ1v) is 13.7. The summed E-state index contributed by atoms with van der Waals surface area (Å²) < 4.78 is 53.2. The molecule has 0 saturated heterocycles. The van der Waals surface area contributed by atoms with E-state index in [1.165, 1.54) is 34.9 Å². The Kier molecular flexibility index (Phi) is 6.93. The van der Waals surface area contributed by atoms with Crippen molar-refractivity contribution in [1.82, 2.24) is 10.2 Å². The van der Waals surface area contributed by atoms with E-state index in [0.717, 1.165) is 23.5 Å². The predicted octanol–water partition coefficient (Wildman–Crippen LogP) is 7.15. The predicted molar refractivity (Wildman–Crippen MR) is 137 cm³/mol. The molecule has 38 heavy (non-hydrogen) atoms. The van der Waals surface area contributed by atoms with E-state index in [2.05, 4.69) is 10.2 Å². The van der Waals surface area contributed by atoms with Gasteiger partial charge in [0.05, 0.1) is 5.56 Å². The number of Topliss-reactive ketones (excluding diaryl/α,β-unsaturated/α-hetero) is 1. The minimum absolute atomic E-state index is 0.0307. The molecular weight excluding hydrogens is 538 g/mol. The molecule has 3 aromatic rings. The zero-order valence-electron chi connectivity index (χ0n) is 20.5. The van der Waals surface area contributed by atoms with E-state index in [4.69, 9.17) is 0 Å². The summed E-state index contributed by atoms with van der Waals surface area (Å²) in [4.78, 5) is 28.3. The van der Waals surface area contributed by atoms with Crippen LogP contribution in [-0.4, -0.2) is 21.9 Å². The number of allylic oxidation sites excluding steroid dienone is 2. The highest BCUT2D eigenvalue weighted by molar-refractivity contribution is 8.00. The van der Waals surface area contributed by atoms with Crippen molar-refractivity contribution >= 4 is 39.9 Å². The fourth-order valence-corrected chi connectivity index (χ4v) is 6.78. The minimum Gasteiger partial charge on any atom is -0.294 e. The third-order valence-electron chi connectivity index (χ3n) is 6.62. The number of nitrogens with zero attached hydrogens (tertiary/aromatic N) is 3. The molecule has 0 spiro atoms. The number of carbonyl (C=O) groups excluding carboxylic acids is 2. The van der Waals surface area contributed by atoms with Gasteiger partial charge in [0, 0.05) is 35.8 Å². The van der Waals surface area contributed by atoms with Gasteiger partial charge in [-0.1, -0.05) is 67.3 Å². The SMILES string of the molecule is CC1(C)CC(=O)C2=C(C1)N(c1nnc(SCc3cccc(C(F)(F)F)c3)s1)C(=O)C[C@H]2c1ccc(F)cc1. The Morgan fingerprint density at radius 3 is 2.53 bits per heavy atom. The first kappa shape index (κ1) is 26.6. The second-order valence-corrected chi connectivity index (χ2v) is 12.4. The van der Waals surface area contributed by atoms with Crippen LogP contribution in [0.25, 0.3) is 0 Å². The molecule has 2 aliphatic rings. The van der Waals surface area contributed by atoms with Gasteiger partial charge in [-0.15, -0.1) is 10.2 Å². The molecule has 0 bridgehead atoms. The van der Waals surface area contributed by atoms with Gasteiger partial charge in [0.25, 0.3) is 0 Å². The van der Waals surface area contributed by atoms with Crippen LogP contribution in [0.5, 0.6) is 0 Å². The Hall–Kier alpha value is -3.05. The van der Waals surface area contributed by atoms with Crippen LogP contribution < -0.4 is 4.90 Å². The number of amides is 1. The van der Waals surface area contributed by atoms with E-state index in [-0.39, 0.29) is 29.3 Å². The van der Waals surface area contributed by atoms with Crippen LogP contribution in [0.15, 0.2) is 64.1 Å². The Labute approximate surface area is 225 Å². The van der Waals surface area contributed by atoms with E-state index in [1.54, 1.807) is 18.2 Å². The van der Waals surface area contributed by atoms with Crippen molar-refractivity contribution in [2.45, 2.75) is 55.3 Å². The average molecular weight is 562 g/mol. The maximum atomic E-state index is 13.6. The Bertz CT molecular complexity index is 1430. The molecule has 0 fully saturated rings. The summed E-state index contributed by atoms with van der Waals surface area (Å²) in [7, 11) is 0. The fourth-order valence-electron chi connectivity index (χ4n) is 4.95. The van der Waals surface area contributed by atoms with Gasteiger partial charge in [0.2, 0.25) is 11.0 Å². The number of alkyl halides is 3. The summed E-state index contributed by atoms with van der Waals surface area (Å²) in [6.07, 6.45) is -3.58. The van der Waals surface area contributed by atoms with Crippen LogP contribution in [0, 0.1) is 11.2 Å². The highest BCUT2D eigenvalue weighted by atomic mass is 32.2. The molecule has 1 aliphatic carbocycles. The summed E-state index contributed by atoms with van der Waals surface area (Å²) in [5.74, 6) is -0.910. The van der Waals surface area contributed by atoms with E-state index in [9.17, 15) is 27.2 Å². The normalized spacial score (nSPS) is 19.6. The highest BCUT2D eigenvalue weighted by Crippen LogP contribution is 2.49. The lowest BCUT2D eigenvalue weighted by Gasteiger charge is -2.41. The number of ketones is 1. The van der Waals surface area contributed by atoms with Crippen molar-refractivity contribution in [3.8, 4) is 0 Å². The molecular formula is C27H23F4N3O2S2. The number of halogens is 4. The number of aromatic nitrogens is 2. The third-order valence-corrected chi connectivity index (χ3v) is 8.73. The second-order valence-electron chi connectivity index (χ2n) is 10.2. The first-order chi connectivity index (χ1) is 17.9. The summed E-state index contributed by atoms with van der Waals surface area (Å²) in [5, 5.41) is 8.69. The molecule has 5 rings (SSSR count). The molecule has 0 N–H and O–H groups in total. The van der Waals surface area contributed by atoms with Gasteiger partial charge in [-0.05, 0) is 41.2 Å². The summed E-state index contributed by atoms with van der Waals surface area (Å²) in [6, 6.07) is 11.0. The van der Waals surface area contributed by atoms with Crippen LogP contribution in [0.1, 0.15) is 55.7 Å². The molecule has 2 heterocycles. The Balaban J connectivity index is 1.44. The monoisotopic (exact) mass is 561 g/mol. The number of hydrogen-bond donors (Lipinski definition) is 0. The molecule has 2 aromatic carbocycles. The van der Waals surface area contributed by atoms with Crippen LogP contribution >= 0.6 is 23.1 Å². The van der Waals surface area contributed by atoms with Crippen molar-refractivity contribution in [3.05, 3.63) is 82.3 Å². The third kappa shape index (κ3) is 5.40. The molecule has 1 aromatic heterocycles. The van der Waals surface area contributed by atoms with Gasteiger partial charge in [0.15, 0.2) is 10.1 Å². The molecule has 1 aliphatic heterocycles. The number of hydrogen-bond acceptors (Lipinski definition) is 6. The van der Waals surface area contributed by atoms with Crippen molar-refractivity contribution in [2.75, 3.05) is 4.90 Å².